The first-order valence-electron chi connectivity index (χ1n) is 10.7. The predicted molar refractivity (Wildman–Crippen MR) is 146 cm³/mol. The zero-order valence-electron chi connectivity index (χ0n) is 18.5. The maximum atomic E-state index is 6.02. The number of hydrogen-bond donors (Lipinski definition) is 3. The summed E-state index contributed by atoms with van der Waals surface area (Å²) in [4.78, 5) is 8.77. The topological polar surface area (TPSA) is 85.1 Å². The van der Waals surface area contributed by atoms with Crippen molar-refractivity contribution >= 4 is 62.8 Å². The van der Waals surface area contributed by atoms with Gasteiger partial charge < -0.3 is 0 Å². The zero-order chi connectivity index (χ0) is 23.9. The maximum absolute atomic E-state index is 6.02. The number of nitrogen functional groups attached to an aromatic ring is 1. The van der Waals surface area contributed by atoms with Gasteiger partial charge in [0.05, 0.1) is 0 Å². The molecule has 0 saturated heterocycles. The Kier molecular flexibility index (Phi) is 7.46. The number of aromatic nitrogens is 2. The average Bonchev–Trinajstić information content (AvgIpc) is 2.84. The van der Waals surface area contributed by atoms with Gasteiger partial charge in [-0.1, -0.05) is 12.0 Å². The molecule has 1 aromatic heterocycles. The van der Waals surface area contributed by atoms with Gasteiger partial charge in [-0.2, -0.15) is 0 Å². The molecule has 0 aliphatic rings. The summed E-state index contributed by atoms with van der Waals surface area (Å²) in [5.74, 6) is 4.08. The molecule has 0 unspecified atom stereocenters. The van der Waals surface area contributed by atoms with Crippen LogP contribution in [0.1, 0.15) is 18.4 Å². The Morgan fingerprint density at radius 2 is 2.00 bits per heavy atom. The number of nitrogens with two attached hydrogens (primary N) is 1. The summed E-state index contributed by atoms with van der Waals surface area (Å²) >= 11 is 3.46. The number of rotatable bonds is 9. The minimum absolute atomic E-state index is 0.543. The molecule has 1 heterocycles. The van der Waals surface area contributed by atoms with Gasteiger partial charge in [0.25, 0.3) is 0 Å². The van der Waals surface area contributed by atoms with Crippen molar-refractivity contribution in [3.63, 3.8) is 0 Å². The summed E-state index contributed by atoms with van der Waals surface area (Å²) in [6.45, 7) is 0.543. The van der Waals surface area contributed by atoms with Crippen molar-refractivity contribution in [3.8, 4) is 18.1 Å². The van der Waals surface area contributed by atoms with Crippen molar-refractivity contribution in [3.05, 3.63) is 77.0 Å². The summed E-state index contributed by atoms with van der Waals surface area (Å²) < 4.78 is 6.95. The molecule has 4 aromatic rings. The van der Waals surface area contributed by atoms with Crippen molar-refractivity contribution in [1.82, 2.24) is 9.97 Å². The molecule has 0 atom stereocenters. The van der Waals surface area contributed by atoms with Gasteiger partial charge in [0, 0.05) is 5.56 Å². The van der Waals surface area contributed by atoms with Crippen molar-refractivity contribution in [2.75, 3.05) is 23.0 Å². The van der Waals surface area contributed by atoms with E-state index in [4.69, 9.17) is 16.9 Å². The Morgan fingerprint density at radius 3 is 2.85 bits per heavy atom. The van der Waals surface area contributed by atoms with Gasteiger partial charge in [0.2, 0.25) is 0 Å². The number of ether oxygens (including phenoxy) is 1. The molecule has 6 nitrogen and oxygen atoms in total. The Balaban J connectivity index is 1.37. The van der Waals surface area contributed by atoms with Gasteiger partial charge >= 0.3 is 178 Å². The van der Waals surface area contributed by atoms with E-state index >= 15 is 0 Å². The number of benzene rings is 3. The third-order valence-corrected chi connectivity index (χ3v) is 5.61. The van der Waals surface area contributed by atoms with Crippen LogP contribution < -0.4 is 21.1 Å². The molecule has 4 N–H and O–H groups in total. The number of nitrogens with one attached hydrogen (secondary N) is 2. The minimum atomic E-state index is 0.543. The number of fused-ring (bicyclic) bond motifs is 1. The Bertz CT molecular complexity index is 1390. The van der Waals surface area contributed by atoms with E-state index in [0.717, 1.165) is 56.5 Å². The van der Waals surface area contributed by atoms with Crippen LogP contribution in [0.3, 0.4) is 0 Å². The van der Waals surface area contributed by atoms with Crippen LogP contribution in [0.4, 0.5) is 22.9 Å². The molecular formula is C26H23BBrN5O. The fraction of sp³-hybridized carbons (Fsp3) is 0.115. The molecule has 0 bridgehead atoms. The quantitative estimate of drug-likeness (QED) is 0.127. The van der Waals surface area contributed by atoms with E-state index in [1.54, 1.807) is 0 Å². The first-order valence-corrected chi connectivity index (χ1v) is 11.5. The summed E-state index contributed by atoms with van der Waals surface area (Å²) in [5, 5.41) is 7.46. The van der Waals surface area contributed by atoms with E-state index in [9.17, 15) is 0 Å². The van der Waals surface area contributed by atoms with E-state index in [0.29, 0.717) is 18.1 Å². The third kappa shape index (κ3) is 5.94. The first-order chi connectivity index (χ1) is 16.5. The van der Waals surface area contributed by atoms with E-state index in [-0.39, 0.29) is 0 Å². The van der Waals surface area contributed by atoms with Crippen LogP contribution in [0, 0.1) is 12.3 Å². The summed E-state index contributed by atoms with van der Waals surface area (Å²) in [6.07, 6.45) is 8.60. The number of halogens is 1. The van der Waals surface area contributed by atoms with Gasteiger partial charge in [-0.3, -0.25) is 0 Å². The average molecular weight is 512 g/mol. The molecule has 0 spiro atoms. The predicted octanol–water partition coefficient (Wildman–Crippen LogP) is 5.00. The number of anilines is 4. The van der Waals surface area contributed by atoms with Crippen LogP contribution in [0.25, 0.3) is 10.9 Å². The summed E-state index contributed by atoms with van der Waals surface area (Å²) in [7, 11) is 4.10. The van der Waals surface area contributed by atoms with Gasteiger partial charge in [0.1, 0.15) is 0 Å². The number of terminal acetylenes is 1. The van der Waals surface area contributed by atoms with Crippen LogP contribution >= 0.6 is 15.9 Å². The van der Waals surface area contributed by atoms with Crippen molar-refractivity contribution < 1.29 is 4.74 Å². The zero-order valence-corrected chi connectivity index (χ0v) is 20.1. The van der Waals surface area contributed by atoms with Crippen LogP contribution in [0.15, 0.2) is 71.5 Å². The van der Waals surface area contributed by atoms with Crippen LogP contribution in [0.5, 0.6) is 5.75 Å². The van der Waals surface area contributed by atoms with Crippen LogP contribution in [0.2, 0.25) is 0 Å². The fourth-order valence-electron chi connectivity index (χ4n) is 3.41. The molecular weight excluding hydrogens is 489 g/mol. The normalized spacial score (nSPS) is 10.4. The van der Waals surface area contributed by atoms with Crippen molar-refractivity contribution in [1.29, 1.82) is 0 Å². The van der Waals surface area contributed by atoms with E-state index < -0.39 is 0 Å². The summed E-state index contributed by atoms with van der Waals surface area (Å²) in [6, 6.07) is 19.1. The third-order valence-electron chi connectivity index (χ3n) is 5.12. The molecule has 0 radical (unpaired) electrons. The second-order valence-electron chi connectivity index (χ2n) is 7.66. The van der Waals surface area contributed by atoms with Crippen molar-refractivity contribution in [2.45, 2.75) is 12.8 Å². The number of hydrogen-bond acceptors (Lipinski definition) is 6. The number of nitrogens with zero attached hydrogens (tertiary/aromatic N) is 2. The fourth-order valence-corrected chi connectivity index (χ4v) is 3.77. The van der Waals surface area contributed by atoms with Crippen molar-refractivity contribution in [2.24, 2.45) is 0 Å². The molecule has 0 amide bonds. The van der Waals surface area contributed by atoms with Gasteiger partial charge in [-0.05, 0) is 6.07 Å². The molecule has 8 heteroatoms. The first kappa shape index (κ1) is 23.3. The van der Waals surface area contributed by atoms with Crippen LogP contribution in [-0.2, 0) is 0 Å². The molecule has 168 valence electrons. The van der Waals surface area contributed by atoms with E-state index in [1.807, 2.05) is 60.7 Å². The van der Waals surface area contributed by atoms with Crippen LogP contribution in [-0.4, -0.2) is 29.6 Å². The Labute approximate surface area is 208 Å². The van der Waals surface area contributed by atoms with Gasteiger partial charge in [-0.25, -0.2) is 0 Å². The van der Waals surface area contributed by atoms with E-state index in [2.05, 4.69) is 49.9 Å². The summed E-state index contributed by atoms with van der Waals surface area (Å²) in [5.41, 5.74) is 10.9. The van der Waals surface area contributed by atoms with E-state index in [1.165, 1.54) is 6.33 Å². The molecule has 34 heavy (non-hydrogen) atoms. The molecule has 4 rings (SSSR count). The monoisotopic (exact) mass is 511 g/mol. The molecule has 0 aliphatic heterocycles. The second-order valence-corrected chi connectivity index (χ2v) is 8.58. The SMILES string of the molecule is B=C(CCCOc1ccc2ncnc(Nc3cccc(C#C)c3)c2c1)Nc1cc(Br)ccc1N. The molecule has 0 fully saturated rings. The molecule has 3 aromatic carbocycles. The standard InChI is InChI=1S/C26H23BBrN5O/c1-2-17-5-3-6-19(13-17)32-26-21-15-20(9-11-23(21)30-16-31-26)34-12-4-7-25(27)33-24-14-18(28)8-10-22(24)29/h1,3,5-6,8-11,13-16,27,33H,4,7,12,29H2,(H,30,31,32). The Hall–Kier alpha value is -3.83. The molecule has 0 aliphatic carbocycles. The van der Waals surface area contributed by atoms with Gasteiger partial charge in [0.15, 0.2) is 0 Å². The molecule has 0 saturated carbocycles. The second kappa shape index (κ2) is 10.9. The van der Waals surface area contributed by atoms with Gasteiger partial charge in [-0.15, -0.1) is 6.42 Å². The Morgan fingerprint density at radius 1 is 1.12 bits per heavy atom.